The molecule has 0 aromatic heterocycles. The van der Waals surface area contributed by atoms with Crippen molar-refractivity contribution in [3.05, 3.63) is 30.1 Å². The number of rotatable bonds is 4. The average molecular weight is 420 g/mol. The van der Waals surface area contributed by atoms with E-state index in [4.69, 9.17) is 11.6 Å². The molecule has 1 unspecified atom stereocenters. The van der Waals surface area contributed by atoms with Gasteiger partial charge in [0.05, 0.1) is 0 Å². The van der Waals surface area contributed by atoms with Crippen molar-refractivity contribution in [2.45, 2.75) is 66.3 Å². The molecule has 0 heterocycles. The van der Waals surface area contributed by atoms with Crippen LogP contribution in [-0.4, -0.2) is 14.9 Å². The van der Waals surface area contributed by atoms with Crippen LogP contribution in [0, 0.1) is 5.82 Å². The molecule has 1 aromatic rings. The molecular weight excluding hydrogens is 396 g/mol. The summed E-state index contributed by atoms with van der Waals surface area (Å²) in [6, 6.07) is 7.40. The third-order valence-corrected chi connectivity index (χ3v) is 14.9. The normalized spacial score (nSPS) is 23.6. The maximum absolute atomic E-state index is 13.9. The molecule has 3 rings (SSSR count). The summed E-state index contributed by atoms with van der Waals surface area (Å²) < 4.78 is 14.0. The van der Waals surface area contributed by atoms with E-state index in [-0.39, 0.29) is 9.41 Å². The van der Waals surface area contributed by atoms with Gasteiger partial charge in [-0.3, -0.25) is 0 Å². The molecule has 0 spiro atoms. The van der Waals surface area contributed by atoms with Crippen molar-refractivity contribution in [3.8, 4) is 0 Å². The van der Waals surface area contributed by atoms with Crippen LogP contribution < -0.4 is 5.30 Å². The van der Waals surface area contributed by atoms with E-state index in [1.807, 2.05) is 6.07 Å². The fraction of sp³-hybridized carbons (Fsp3) is 0.647. The van der Waals surface area contributed by atoms with Gasteiger partial charge in [-0.15, -0.1) is 0 Å². The number of hydrogen-bond acceptors (Lipinski definition) is 0. The molecule has 0 amide bonds. The van der Waals surface area contributed by atoms with E-state index in [0.717, 1.165) is 11.3 Å². The van der Waals surface area contributed by atoms with Crippen molar-refractivity contribution in [2.75, 3.05) is 0 Å². The number of halogens is 2. The third-order valence-electron chi connectivity index (χ3n) is 5.72. The number of alkyl halides is 1. The Labute approximate surface area is 144 Å². The monoisotopic (exact) mass is 419 g/mol. The Morgan fingerprint density at radius 3 is 2.00 bits per heavy atom. The molecule has 4 heteroatoms. The molecule has 0 radical (unpaired) electrons. The summed E-state index contributed by atoms with van der Waals surface area (Å²) in [7, 11) is -1.96. The van der Waals surface area contributed by atoms with Crippen molar-refractivity contribution in [3.63, 3.8) is 0 Å². The molecule has 0 saturated heterocycles. The van der Waals surface area contributed by atoms with Crippen LogP contribution in [0.3, 0.4) is 0 Å². The van der Waals surface area contributed by atoms with Crippen molar-refractivity contribution < 1.29 is 23.6 Å². The predicted octanol–water partition coefficient (Wildman–Crippen LogP) is 5.16. The van der Waals surface area contributed by atoms with Gasteiger partial charge in [0.1, 0.15) is 0 Å². The first-order chi connectivity index (χ1) is 10.2. The fourth-order valence-corrected chi connectivity index (χ4v) is 15.2. The Morgan fingerprint density at radius 2 is 1.57 bits per heavy atom. The summed E-state index contributed by atoms with van der Waals surface area (Å²) in [6.07, 6.45) is 10.5. The van der Waals surface area contributed by atoms with Gasteiger partial charge in [0, 0.05) is 0 Å². The van der Waals surface area contributed by atoms with Crippen LogP contribution in [0.15, 0.2) is 24.3 Å². The van der Waals surface area contributed by atoms with Crippen LogP contribution in [0.1, 0.15) is 51.4 Å². The Balaban J connectivity index is 2.10. The SMILES string of the molecule is Fc1cccc([PH]([CH](Cl)[Pd])(C2CCCC2)C2CCCC2)c1. The second-order valence-electron chi connectivity index (χ2n) is 6.68. The molecule has 121 valence electrons. The molecule has 2 saturated carbocycles. The molecular formula is C17H24ClFPPd. The summed E-state index contributed by atoms with van der Waals surface area (Å²) in [6.45, 7) is 0. The van der Waals surface area contributed by atoms with Gasteiger partial charge in [-0.2, -0.15) is 0 Å². The van der Waals surface area contributed by atoms with Crippen LogP contribution in [0.25, 0.3) is 0 Å². The van der Waals surface area contributed by atoms with E-state index >= 15 is 0 Å². The molecule has 1 aromatic carbocycles. The summed E-state index contributed by atoms with van der Waals surface area (Å²) in [5, 5.41) is 1.26. The van der Waals surface area contributed by atoms with Gasteiger partial charge in [-0.1, -0.05) is 0 Å². The summed E-state index contributed by atoms with van der Waals surface area (Å²) in [5.41, 5.74) is 1.44. The zero-order chi connectivity index (χ0) is 14.9. The second-order valence-corrected chi connectivity index (χ2v) is 14.3. The first kappa shape index (κ1) is 16.4. The predicted molar refractivity (Wildman–Crippen MR) is 88.5 cm³/mol. The Hall–Kier alpha value is 0.532. The van der Waals surface area contributed by atoms with Crippen molar-refractivity contribution in [2.24, 2.45) is 0 Å². The van der Waals surface area contributed by atoms with Crippen molar-refractivity contribution in [1.82, 2.24) is 0 Å². The Bertz CT molecular complexity index is 465. The van der Waals surface area contributed by atoms with E-state index in [1.54, 1.807) is 12.1 Å². The van der Waals surface area contributed by atoms with Gasteiger partial charge in [0.25, 0.3) is 0 Å². The molecule has 0 bridgehead atoms. The number of hydrogen-bond donors (Lipinski definition) is 0. The molecule has 2 aliphatic carbocycles. The Morgan fingerprint density at radius 1 is 1.05 bits per heavy atom. The minimum absolute atomic E-state index is 0.0495. The zero-order valence-electron chi connectivity index (χ0n) is 12.3. The summed E-state index contributed by atoms with van der Waals surface area (Å²) in [4.78, 5) is 0. The molecule has 2 aliphatic rings. The van der Waals surface area contributed by atoms with Gasteiger partial charge < -0.3 is 0 Å². The zero-order valence-corrected chi connectivity index (χ0v) is 15.6. The Kier molecular flexibility index (Phi) is 5.44. The van der Waals surface area contributed by atoms with Gasteiger partial charge in [-0.05, 0) is 0 Å². The van der Waals surface area contributed by atoms with E-state index in [2.05, 4.69) is 25.3 Å². The van der Waals surface area contributed by atoms with Gasteiger partial charge in [0.2, 0.25) is 0 Å². The molecule has 0 N–H and O–H groups in total. The molecule has 0 nitrogen and oxygen atoms in total. The van der Waals surface area contributed by atoms with Crippen molar-refractivity contribution in [1.29, 1.82) is 0 Å². The van der Waals surface area contributed by atoms with Gasteiger partial charge >= 0.3 is 144 Å². The van der Waals surface area contributed by atoms with Gasteiger partial charge in [-0.25, -0.2) is 0 Å². The average Bonchev–Trinajstić information content (AvgIpc) is 3.12. The van der Waals surface area contributed by atoms with E-state index in [0.29, 0.717) is 0 Å². The first-order valence-corrected chi connectivity index (χ1v) is 11.7. The molecule has 1 atom stereocenters. The molecule has 2 fully saturated rings. The fourth-order valence-electron chi connectivity index (χ4n) is 4.81. The molecule has 0 aliphatic heterocycles. The van der Waals surface area contributed by atoms with Crippen LogP contribution in [0.4, 0.5) is 4.39 Å². The minimum atomic E-state index is -1.96. The standard InChI is InChI=1S/C17H24ClFP.Pd/c18-13-20(15-7-1-2-8-15,16-9-3-4-10-16)17-11-5-6-14(19)12-17;/h5-6,11-13,15-16,20H,1-4,7-10H2;. The van der Waals surface area contributed by atoms with E-state index < -0.39 is 7.26 Å². The van der Waals surface area contributed by atoms with Crippen molar-refractivity contribution >= 4 is 24.2 Å². The van der Waals surface area contributed by atoms with Crippen LogP contribution in [0.5, 0.6) is 0 Å². The van der Waals surface area contributed by atoms with E-state index in [1.165, 1.54) is 56.7 Å². The molecule has 21 heavy (non-hydrogen) atoms. The van der Waals surface area contributed by atoms with Crippen LogP contribution >= 0.6 is 18.9 Å². The summed E-state index contributed by atoms with van der Waals surface area (Å²) >= 11 is 10.3. The number of benzene rings is 1. The van der Waals surface area contributed by atoms with Gasteiger partial charge in [0.15, 0.2) is 0 Å². The quantitative estimate of drug-likeness (QED) is 0.359. The maximum atomic E-state index is 13.9. The van der Waals surface area contributed by atoms with E-state index in [9.17, 15) is 4.39 Å². The van der Waals surface area contributed by atoms with Crippen LogP contribution in [0.2, 0.25) is 0 Å². The third kappa shape index (κ3) is 2.99. The first-order valence-electron chi connectivity index (χ1n) is 8.16. The topological polar surface area (TPSA) is 0 Å². The summed E-state index contributed by atoms with van der Waals surface area (Å²) in [5.74, 6) is -0.102. The van der Waals surface area contributed by atoms with Crippen LogP contribution in [-0.2, 0) is 19.2 Å². The second kappa shape index (κ2) is 6.97.